The zero-order valence-corrected chi connectivity index (χ0v) is 53.3. The van der Waals surface area contributed by atoms with E-state index in [4.69, 9.17) is 15.1 Å². The Morgan fingerprint density at radius 3 is 1.33 bits per heavy atom. The first kappa shape index (κ1) is 62.7. The van der Waals surface area contributed by atoms with Crippen LogP contribution in [0.1, 0.15) is 13.8 Å². The third-order valence-electron chi connectivity index (χ3n) is 13.1. The van der Waals surface area contributed by atoms with Gasteiger partial charge in [0.2, 0.25) is 0 Å². The van der Waals surface area contributed by atoms with Gasteiger partial charge in [0.25, 0.3) is 0 Å². The average Bonchev–Trinajstić information content (AvgIpc) is 2.36. The summed E-state index contributed by atoms with van der Waals surface area (Å²) in [5, 5.41) is 20.6. The van der Waals surface area contributed by atoms with E-state index in [1.807, 2.05) is 201 Å². The Balaban J connectivity index is 0.000000142. The van der Waals surface area contributed by atoms with Crippen molar-refractivity contribution in [3.63, 3.8) is 0 Å². The summed E-state index contributed by atoms with van der Waals surface area (Å²) in [5.41, 5.74) is 7.65. The minimum absolute atomic E-state index is 0. The number of nitrogens with zero attached hydrogens (tertiary/aromatic N) is 9. The number of aliphatic hydroxyl groups excluding tert-OH is 1. The van der Waals surface area contributed by atoms with E-state index in [1.54, 1.807) is 12.4 Å². The van der Waals surface area contributed by atoms with Crippen LogP contribution in [-0.2, 0) is 65.1 Å². The molecule has 86 heavy (non-hydrogen) atoms. The van der Waals surface area contributed by atoms with E-state index < -0.39 is 0 Å². The number of pyridine rings is 3. The van der Waals surface area contributed by atoms with Crippen molar-refractivity contribution in [2.75, 3.05) is 0 Å². The molecule has 0 bridgehead atoms. The zero-order valence-electron chi connectivity index (χ0n) is 46.1. The van der Waals surface area contributed by atoms with E-state index in [-0.39, 0.29) is 71.9 Å². The Hall–Kier alpha value is -9.35. The molecular weight excluding hydrogens is 1600 g/mol. The van der Waals surface area contributed by atoms with Crippen LogP contribution in [0.4, 0.5) is 0 Å². The van der Waals surface area contributed by atoms with E-state index in [2.05, 4.69) is 95.6 Å². The van der Waals surface area contributed by atoms with Gasteiger partial charge in [-0.3, -0.25) is 44.7 Å². The SMILES string of the molecule is CC(=O)C=C(C)O.[Ir].[Ir].[Ir].[c-]1ccccc1-c1ncc2c(ccc3cnccc32)n1.[c-]1ccccc1-c1ncc2ccc3ccccc3c2n1.[c-]1ccccc1-c1ncc2ccc3cnccc3c2n1.[c-]1ccccc1-c1nccc2ccccc12. The van der Waals surface area contributed by atoms with Crippen molar-refractivity contribution in [2.45, 2.75) is 13.8 Å². The first-order chi connectivity index (χ1) is 40.8. The molecule has 1 N–H and O–H groups in total. The van der Waals surface area contributed by atoms with Crippen molar-refractivity contribution in [1.29, 1.82) is 0 Å². The number of aliphatic hydroxyl groups is 1. The number of fused-ring (bicyclic) bond motifs is 10. The van der Waals surface area contributed by atoms with Crippen LogP contribution in [0, 0.1) is 24.3 Å². The summed E-state index contributed by atoms with van der Waals surface area (Å²) in [5.74, 6) is 2.05. The average molecular weight is 1650 g/mol. The van der Waals surface area contributed by atoms with Crippen LogP contribution in [0.15, 0.2) is 262 Å². The van der Waals surface area contributed by atoms with Gasteiger partial charge >= 0.3 is 0 Å². The molecule has 0 aliphatic carbocycles. The third kappa shape index (κ3) is 15.3. The van der Waals surface area contributed by atoms with Crippen molar-refractivity contribution < 1.29 is 70.2 Å². The normalized spacial score (nSPS) is 10.6. The van der Waals surface area contributed by atoms with Gasteiger partial charge in [-0.1, -0.05) is 78.9 Å². The summed E-state index contributed by atoms with van der Waals surface area (Å²) in [6, 6.07) is 78.7. The molecule has 9 aromatic carbocycles. The molecule has 425 valence electrons. The second kappa shape index (κ2) is 30.5. The molecule has 3 radical (unpaired) electrons. The number of hydrogen-bond acceptors (Lipinski definition) is 11. The smallest absolute Gasteiger partial charge is 0.155 e. The number of ketones is 1. The molecule has 0 fully saturated rings. The van der Waals surface area contributed by atoms with Gasteiger partial charge in [-0.05, 0) is 65.4 Å². The second-order valence-electron chi connectivity index (χ2n) is 18.9. The van der Waals surface area contributed by atoms with Crippen LogP contribution < -0.4 is 0 Å². The summed E-state index contributed by atoms with van der Waals surface area (Å²) in [4.78, 5) is 50.2. The van der Waals surface area contributed by atoms with E-state index in [0.29, 0.717) is 11.6 Å². The molecule has 15 aromatic rings. The Bertz CT molecular complexity index is 4600. The fraction of sp³-hybridized carbons (Fsp3) is 0.0278. The van der Waals surface area contributed by atoms with Gasteiger partial charge < -0.3 is 10.1 Å². The van der Waals surface area contributed by atoms with Crippen molar-refractivity contribution in [3.8, 4) is 45.4 Å². The molecule has 0 aliphatic heterocycles. The Morgan fingerprint density at radius 1 is 0.372 bits per heavy atom. The molecule has 0 saturated carbocycles. The van der Waals surface area contributed by atoms with Gasteiger partial charge in [0.05, 0.1) is 39.8 Å². The molecule has 6 aromatic heterocycles. The first-order valence-corrected chi connectivity index (χ1v) is 26.6. The van der Waals surface area contributed by atoms with Crippen LogP contribution in [-0.4, -0.2) is 55.7 Å². The molecule has 0 spiro atoms. The van der Waals surface area contributed by atoms with Gasteiger partial charge in [0.1, 0.15) is 0 Å². The number of allylic oxidation sites excluding steroid dienone is 2. The van der Waals surface area contributed by atoms with Crippen LogP contribution in [0.2, 0.25) is 0 Å². The monoisotopic (exact) mass is 1650 g/mol. The summed E-state index contributed by atoms with van der Waals surface area (Å²) >= 11 is 0. The molecule has 0 saturated heterocycles. The summed E-state index contributed by atoms with van der Waals surface area (Å²) in [6.07, 6.45) is 15.9. The van der Waals surface area contributed by atoms with Crippen LogP contribution in [0.25, 0.3) is 121 Å². The third-order valence-corrected chi connectivity index (χ3v) is 13.1. The number of rotatable bonds is 5. The quantitative estimate of drug-likeness (QED) is 0.0758. The topological polar surface area (TPSA) is 153 Å². The number of benzene rings is 9. The number of carbonyl (C=O) groups excluding carboxylic acids is 1. The van der Waals surface area contributed by atoms with Gasteiger partial charge in [-0.2, -0.15) is 0 Å². The van der Waals surface area contributed by atoms with Crippen molar-refractivity contribution in [2.24, 2.45) is 0 Å². The summed E-state index contributed by atoms with van der Waals surface area (Å²) in [7, 11) is 0. The second-order valence-corrected chi connectivity index (χ2v) is 18.9. The number of carbonyl (C=O) groups is 1. The van der Waals surface area contributed by atoms with Crippen LogP contribution in [0.3, 0.4) is 0 Å². The fourth-order valence-electron chi connectivity index (χ4n) is 9.27. The van der Waals surface area contributed by atoms with Crippen molar-refractivity contribution in [1.82, 2.24) is 44.9 Å². The van der Waals surface area contributed by atoms with Gasteiger partial charge in [-0.15, -0.1) is 144 Å². The predicted molar refractivity (Wildman–Crippen MR) is 333 cm³/mol. The zero-order chi connectivity index (χ0) is 56.7. The molecular formula is C72H49Ir3N9O2-4. The molecule has 0 atom stereocenters. The molecule has 0 aliphatic rings. The van der Waals surface area contributed by atoms with E-state index in [0.717, 1.165) is 93.4 Å². The maximum Gasteiger partial charge on any atom is 0.155 e. The maximum absolute atomic E-state index is 10.0. The molecule has 0 unspecified atom stereocenters. The van der Waals surface area contributed by atoms with Crippen LogP contribution in [0.5, 0.6) is 0 Å². The van der Waals surface area contributed by atoms with Gasteiger partial charge in [-0.25, -0.2) is 0 Å². The Kier molecular flexibility index (Phi) is 22.2. The summed E-state index contributed by atoms with van der Waals surface area (Å²) in [6.45, 7) is 2.85. The molecule has 11 nitrogen and oxygen atoms in total. The van der Waals surface area contributed by atoms with Crippen molar-refractivity contribution in [3.05, 3.63) is 286 Å². The summed E-state index contributed by atoms with van der Waals surface area (Å²) < 4.78 is 0. The maximum atomic E-state index is 10.0. The van der Waals surface area contributed by atoms with Crippen molar-refractivity contribution >= 4 is 81.6 Å². The standard InChI is InChI=1S/C18H11N2.2C17H10N3.C15H10N.C5H8O2.3Ir/c1-2-7-14(8-3-1)18-19-12-15-11-10-13-6-4-5-9-16(13)17(15)20-18;1-2-4-12(5-3-1)17-19-11-15-14-8-9-18-10-13(14)6-7-16(15)20-17;1-2-4-12(5-3-1)17-19-11-14-7-6-13-10-18-9-8-15(13)16(14)20-17;1-2-7-13(8-3-1)15-14-9-5-4-6-12(14)10-11-16-15;1-4(6)3-5(2)7;;;/h1-7,9-12H;2*1-4,6-11H;1-7,9-11H;3,6H,1-2H3;;;/q4*-1;;;;. The number of aromatic nitrogens is 9. The molecule has 15 rings (SSSR count). The molecule has 14 heteroatoms. The Labute approximate surface area is 537 Å². The van der Waals surface area contributed by atoms with E-state index >= 15 is 0 Å². The fourth-order valence-corrected chi connectivity index (χ4v) is 9.27. The molecule has 0 amide bonds. The minimum atomic E-state index is -0.125. The van der Waals surface area contributed by atoms with Gasteiger partial charge in [0, 0.05) is 154 Å². The van der Waals surface area contributed by atoms with Crippen LogP contribution >= 0.6 is 0 Å². The van der Waals surface area contributed by atoms with E-state index in [9.17, 15) is 4.79 Å². The molecule has 6 heterocycles. The minimum Gasteiger partial charge on any atom is -0.512 e. The first-order valence-electron chi connectivity index (χ1n) is 26.6. The predicted octanol–water partition coefficient (Wildman–Crippen LogP) is 16.3. The van der Waals surface area contributed by atoms with Gasteiger partial charge in [0.15, 0.2) is 5.78 Å². The van der Waals surface area contributed by atoms with E-state index in [1.165, 1.54) is 36.1 Å². The largest absolute Gasteiger partial charge is 0.512 e. The number of hydrogen-bond donors (Lipinski definition) is 1. The Morgan fingerprint density at radius 2 is 0.802 bits per heavy atom.